The fourth-order valence-corrected chi connectivity index (χ4v) is 3.81. The highest BCUT2D eigenvalue weighted by Crippen LogP contribution is 2.15. The Labute approximate surface area is 167 Å². The molecule has 1 amide bonds. The molecule has 1 heterocycles. The van der Waals surface area contributed by atoms with Crippen LogP contribution in [0.2, 0.25) is 0 Å². The van der Waals surface area contributed by atoms with Crippen LogP contribution in [0, 0.1) is 0 Å². The van der Waals surface area contributed by atoms with Crippen molar-refractivity contribution in [1.29, 1.82) is 0 Å². The van der Waals surface area contributed by atoms with Gasteiger partial charge in [0.2, 0.25) is 0 Å². The number of hydrogen-bond donors (Lipinski definition) is 0. The van der Waals surface area contributed by atoms with Crippen LogP contribution in [0.15, 0.2) is 60.7 Å². The summed E-state index contributed by atoms with van der Waals surface area (Å²) in [5, 5.41) is 0. The van der Waals surface area contributed by atoms with Gasteiger partial charge in [-0.3, -0.25) is 9.69 Å². The monoisotopic (exact) mass is 380 g/mol. The van der Waals surface area contributed by atoms with Crippen LogP contribution in [-0.4, -0.2) is 54.2 Å². The highest BCUT2D eigenvalue weighted by atomic mass is 32.2. The summed E-state index contributed by atoms with van der Waals surface area (Å²) in [4.78, 5) is 17.1. The van der Waals surface area contributed by atoms with Crippen molar-refractivity contribution in [2.45, 2.75) is 12.7 Å². The van der Waals surface area contributed by atoms with Gasteiger partial charge in [-0.25, -0.2) is 0 Å². The normalized spacial score (nSPS) is 15.4. The van der Waals surface area contributed by atoms with E-state index in [9.17, 15) is 4.79 Å². The number of rotatable bonds is 7. The van der Waals surface area contributed by atoms with E-state index in [0.29, 0.717) is 0 Å². The molecule has 2 aromatic carbocycles. The third-order valence-electron chi connectivity index (χ3n) is 4.81. The van der Waals surface area contributed by atoms with Gasteiger partial charge in [-0.2, -0.15) is 11.8 Å². The fourth-order valence-electron chi connectivity index (χ4n) is 3.18. The van der Waals surface area contributed by atoms with Crippen LogP contribution in [0.3, 0.4) is 0 Å². The Bertz CT molecular complexity index is 735. The zero-order chi connectivity index (χ0) is 18.9. The third kappa shape index (κ3) is 5.98. The lowest BCUT2D eigenvalue weighted by atomic mass is 10.1. The Morgan fingerprint density at radius 2 is 1.70 bits per heavy atom. The lowest BCUT2D eigenvalue weighted by Crippen LogP contribution is -2.48. The van der Waals surface area contributed by atoms with Crippen molar-refractivity contribution in [1.82, 2.24) is 9.80 Å². The molecule has 0 spiro atoms. The molecule has 0 saturated carbocycles. The average molecular weight is 381 g/mol. The van der Waals surface area contributed by atoms with Gasteiger partial charge in [0.15, 0.2) is 0 Å². The molecule has 0 aliphatic carbocycles. The lowest BCUT2D eigenvalue weighted by molar-refractivity contribution is 0.0650. The molecular formula is C23H28N2OS. The van der Waals surface area contributed by atoms with Crippen molar-refractivity contribution in [3.05, 3.63) is 77.4 Å². The number of nitrogens with zero attached hydrogens (tertiary/aromatic N) is 2. The van der Waals surface area contributed by atoms with Crippen LogP contribution in [0.4, 0.5) is 0 Å². The highest BCUT2D eigenvalue weighted by molar-refractivity contribution is 7.98. The molecule has 1 aliphatic heterocycles. The van der Waals surface area contributed by atoms with Gasteiger partial charge < -0.3 is 4.90 Å². The molecule has 1 aliphatic rings. The number of amides is 1. The van der Waals surface area contributed by atoms with Crippen molar-refractivity contribution >= 4 is 23.7 Å². The van der Waals surface area contributed by atoms with Crippen molar-refractivity contribution in [2.75, 3.05) is 38.5 Å². The summed E-state index contributed by atoms with van der Waals surface area (Å²) in [6.07, 6.45) is 4.37. The topological polar surface area (TPSA) is 23.6 Å². The molecule has 1 saturated heterocycles. The van der Waals surface area contributed by atoms with Gasteiger partial charge in [0.05, 0.1) is 0 Å². The average Bonchev–Trinajstić information content (AvgIpc) is 2.73. The van der Waals surface area contributed by atoms with Gasteiger partial charge in [-0.1, -0.05) is 61.5 Å². The van der Waals surface area contributed by atoms with E-state index in [2.05, 4.69) is 60.4 Å². The summed E-state index contributed by atoms with van der Waals surface area (Å²) >= 11 is 1.90. The molecule has 2 aromatic rings. The molecule has 0 aromatic heterocycles. The minimum atomic E-state index is 0.157. The van der Waals surface area contributed by atoms with E-state index in [0.717, 1.165) is 49.8 Å². The highest BCUT2D eigenvalue weighted by Gasteiger charge is 2.21. The molecule has 4 heteroatoms. The van der Waals surface area contributed by atoms with Gasteiger partial charge >= 0.3 is 0 Å². The van der Waals surface area contributed by atoms with Crippen molar-refractivity contribution in [2.24, 2.45) is 0 Å². The summed E-state index contributed by atoms with van der Waals surface area (Å²) in [5.74, 6) is 2.29. The Hall–Kier alpha value is -2.04. The van der Waals surface area contributed by atoms with E-state index in [1.54, 1.807) is 0 Å². The summed E-state index contributed by atoms with van der Waals surface area (Å²) in [6, 6.07) is 18.5. The second-order valence-corrected chi connectivity index (χ2v) is 8.01. The standard InChI is InChI=1S/C23H28N2OS/c1-2-27-19-21-10-12-22(13-11-21)23(26)25-17-15-24(16-18-25)14-6-9-20-7-4-3-5-8-20/h3-13H,2,14-19H2,1H3/b9-6+. The van der Waals surface area contributed by atoms with Gasteiger partial charge in [-0.05, 0) is 29.0 Å². The third-order valence-corrected chi connectivity index (χ3v) is 5.75. The molecule has 0 bridgehead atoms. The summed E-state index contributed by atoms with van der Waals surface area (Å²) in [6.45, 7) is 6.55. The number of piperazine rings is 1. The first kappa shape index (κ1) is 19.7. The second kappa shape index (κ2) is 10.3. The van der Waals surface area contributed by atoms with Crippen LogP contribution in [0.25, 0.3) is 6.08 Å². The molecule has 0 unspecified atom stereocenters. The summed E-state index contributed by atoms with van der Waals surface area (Å²) < 4.78 is 0. The maximum absolute atomic E-state index is 12.7. The molecular weight excluding hydrogens is 352 g/mol. The second-order valence-electron chi connectivity index (χ2n) is 6.74. The smallest absolute Gasteiger partial charge is 0.253 e. The van der Waals surface area contributed by atoms with E-state index in [1.807, 2.05) is 34.9 Å². The van der Waals surface area contributed by atoms with Crippen LogP contribution in [0.1, 0.15) is 28.4 Å². The molecule has 3 rings (SSSR count). The largest absolute Gasteiger partial charge is 0.336 e. The minimum absolute atomic E-state index is 0.157. The number of benzene rings is 2. The fraction of sp³-hybridized carbons (Fsp3) is 0.348. The van der Waals surface area contributed by atoms with E-state index >= 15 is 0 Å². The maximum Gasteiger partial charge on any atom is 0.253 e. The molecule has 1 fully saturated rings. The van der Waals surface area contributed by atoms with Crippen LogP contribution >= 0.6 is 11.8 Å². The van der Waals surface area contributed by atoms with E-state index < -0.39 is 0 Å². The predicted molar refractivity (Wildman–Crippen MR) is 116 cm³/mol. The zero-order valence-electron chi connectivity index (χ0n) is 16.0. The Balaban J connectivity index is 1.45. The Morgan fingerprint density at radius 1 is 1.00 bits per heavy atom. The number of carbonyl (C=O) groups excluding carboxylic acids is 1. The minimum Gasteiger partial charge on any atom is -0.336 e. The zero-order valence-corrected chi connectivity index (χ0v) is 16.8. The van der Waals surface area contributed by atoms with Crippen LogP contribution in [-0.2, 0) is 5.75 Å². The van der Waals surface area contributed by atoms with E-state index in [1.165, 1.54) is 11.1 Å². The van der Waals surface area contributed by atoms with Gasteiger partial charge in [-0.15, -0.1) is 0 Å². The van der Waals surface area contributed by atoms with Gasteiger partial charge in [0.1, 0.15) is 0 Å². The van der Waals surface area contributed by atoms with Crippen molar-refractivity contribution in [3.63, 3.8) is 0 Å². The first-order chi connectivity index (χ1) is 13.3. The van der Waals surface area contributed by atoms with Crippen LogP contribution in [0.5, 0.6) is 0 Å². The van der Waals surface area contributed by atoms with E-state index in [4.69, 9.17) is 0 Å². The first-order valence-corrected chi connectivity index (χ1v) is 10.8. The van der Waals surface area contributed by atoms with Crippen LogP contribution < -0.4 is 0 Å². The lowest BCUT2D eigenvalue weighted by Gasteiger charge is -2.34. The maximum atomic E-state index is 12.7. The predicted octanol–water partition coefficient (Wildman–Crippen LogP) is 4.41. The Morgan fingerprint density at radius 3 is 2.37 bits per heavy atom. The van der Waals surface area contributed by atoms with Crippen molar-refractivity contribution in [3.8, 4) is 0 Å². The number of thioether (sulfide) groups is 1. The molecule has 27 heavy (non-hydrogen) atoms. The molecule has 142 valence electrons. The Kier molecular flexibility index (Phi) is 7.55. The molecule has 3 nitrogen and oxygen atoms in total. The number of carbonyl (C=O) groups is 1. The first-order valence-electron chi connectivity index (χ1n) is 9.66. The molecule has 0 radical (unpaired) electrons. The number of hydrogen-bond acceptors (Lipinski definition) is 3. The molecule has 0 N–H and O–H groups in total. The summed E-state index contributed by atoms with van der Waals surface area (Å²) in [5.41, 5.74) is 3.32. The quantitative estimate of drug-likeness (QED) is 0.711. The SMILES string of the molecule is CCSCc1ccc(C(=O)N2CCN(C/C=C/c3ccccc3)CC2)cc1. The molecule has 0 atom stereocenters. The van der Waals surface area contributed by atoms with Crippen molar-refractivity contribution < 1.29 is 4.79 Å². The van der Waals surface area contributed by atoms with E-state index in [-0.39, 0.29) is 5.91 Å². The van der Waals surface area contributed by atoms with Gasteiger partial charge in [0, 0.05) is 44.0 Å². The summed E-state index contributed by atoms with van der Waals surface area (Å²) in [7, 11) is 0. The van der Waals surface area contributed by atoms with Gasteiger partial charge in [0.25, 0.3) is 5.91 Å².